The number of carbonyl (C=O) groups is 3. The number of ketones is 2. The van der Waals surface area contributed by atoms with Crippen molar-refractivity contribution in [2.45, 2.75) is 51.9 Å². The zero-order valence-corrected chi connectivity index (χ0v) is 26.2. The Morgan fingerprint density at radius 2 is 1.85 bits per heavy atom. The number of amides is 1. The number of hydrogen-bond donors (Lipinski definition) is 4. The first kappa shape index (κ1) is 31.4. The highest BCUT2D eigenvalue weighted by Crippen LogP contribution is 2.56. The Hall–Kier alpha value is -4.55. The van der Waals surface area contributed by atoms with Crippen molar-refractivity contribution < 1.29 is 43.4 Å². The van der Waals surface area contributed by atoms with Crippen LogP contribution in [0, 0.1) is 23.1 Å². The largest absolute Gasteiger partial charge is 0.507 e. The van der Waals surface area contributed by atoms with Crippen LogP contribution in [0.3, 0.4) is 0 Å². The van der Waals surface area contributed by atoms with Crippen molar-refractivity contribution in [2.24, 2.45) is 17.3 Å². The number of aliphatic hydroxyl groups is 2. The zero-order valence-electron chi connectivity index (χ0n) is 26.2. The van der Waals surface area contributed by atoms with E-state index in [4.69, 9.17) is 9.26 Å². The van der Waals surface area contributed by atoms with Crippen molar-refractivity contribution in [2.75, 3.05) is 20.6 Å². The van der Waals surface area contributed by atoms with Gasteiger partial charge in [0.15, 0.2) is 11.4 Å². The molecule has 46 heavy (non-hydrogen) atoms. The van der Waals surface area contributed by atoms with Crippen LogP contribution in [0.2, 0.25) is 0 Å². The maximum Gasteiger partial charge on any atom is 0.265 e. The standard InChI is InChI=1S/C34H36FN3O8/c1-33(2,3)15-36-31(43)23-20(35)13-18-11-17-12-19-25(38(4)5)28-24(32(37-46-28)45-14-16-9-7-6-8-10-16)30(42)34(19,44)29(41)22(17)26(39)21(18)27(23)40/h6-10,13,17,19,25,39-40,44H,11-12,14-15H2,1-5H3,(H,36,43)/t17-,19-,25-,34-/m0/s1. The molecule has 3 aliphatic rings. The summed E-state index contributed by atoms with van der Waals surface area (Å²) in [6, 6.07) is 9.42. The highest BCUT2D eigenvalue weighted by molar-refractivity contribution is 6.26. The van der Waals surface area contributed by atoms with E-state index < -0.39 is 63.8 Å². The van der Waals surface area contributed by atoms with Gasteiger partial charge in [-0.1, -0.05) is 51.1 Å². The number of benzene rings is 2. The van der Waals surface area contributed by atoms with Crippen LogP contribution in [0.5, 0.6) is 11.6 Å². The number of aromatic hydroxyl groups is 1. The second-order valence-electron chi connectivity index (χ2n) is 13.7. The molecule has 11 nitrogen and oxygen atoms in total. The minimum absolute atomic E-state index is 0.00442. The van der Waals surface area contributed by atoms with Gasteiger partial charge in [-0.25, -0.2) is 4.39 Å². The summed E-state index contributed by atoms with van der Waals surface area (Å²) in [5, 5.41) is 41.4. The van der Waals surface area contributed by atoms with Crippen LogP contribution in [-0.4, -0.2) is 69.1 Å². The van der Waals surface area contributed by atoms with Gasteiger partial charge >= 0.3 is 0 Å². The number of carbonyl (C=O) groups excluding carboxylic acids is 3. The smallest absolute Gasteiger partial charge is 0.265 e. The number of nitrogens with zero attached hydrogens (tertiary/aromatic N) is 2. The third-order valence-electron chi connectivity index (χ3n) is 9.06. The Morgan fingerprint density at radius 1 is 1.15 bits per heavy atom. The van der Waals surface area contributed by atoms with E-state index in [-0.39, 0.29) is 65.3 Å². The van der Waals surface area contributed by atoms with E-state index in [1.807, 2.05) is 51.1 Å². The lowest BCUT2D eigenvalue weighted by Crippen LogP contribution is -2.63. The molecule has 0 bridgehead atoms. The number of aromatic nitrogens is 1. The van der Waals surface area contributed by atoms with Crippen molar-refractivity contribution in [3.8, 4) is 11.6 Å². The van der Waals surface area contributed by atoms with E-state index in [2.05, 4.69) is 10.5 Å². The molecule has 1 saturated carbocycles. The number of hydrogen-bond acceptors (Lipinski definition) is 10. The van der Waals surface area contributed by atoms with E-state index in [0.717, 1.165) is 11.6 Å². The van der Waals surface area contributed by atoms with Gasteiger partial charge in [-0.15, -0.1) is 0 Å². The highest BCUT2D eigenvalue weighted by atomic mass is 19.1. The SMILES string of the molecule is CN(C)[C@@H]1c2onc(OCc3ccccc3)c2C(=O)[C@@]2(O)C(=O)C3=C(O)c4c(cc(F)c(C(=O)NCC(C)(C)C)c4O)C[C@H]3C[C@@H]12. The van der Waals surface area contributed by atoms with Gasteiger partial charge in [0.2, 0.25) is 11.6 Å². The maximum absolute atomic E-state index is 15.3. The molecular formula is C34H36FN3O8. The molecule has 1 amide bonds. The molecule has 3 aliphatic carbocycles. The number of nitrogens with one attached hydrogen (secondary N) is 1. The van der Waals surface area contributed by atoms with Gasteiger partial charge in [0.25, 0.3) is 11.8 Å². The Balaban J connectivity index is 1.42. The topological polar surface area (TPSA) is 162 Å². The average molecular weight is 634 g/mol. The van der Waals surface area contributed by atoms with Crippen LogP contribution in [-0.2, 0) is 17.8 Å². The van der Waals surface area contributed by atoms with E-state index in [9.17, 15) is 29.7 Å². The second-order valence-corrected chi connectivity index (χ2v) is 13.7. The number of ether oxygens (including phenoxy) is 1. The fourth-order valence-corrected chi connectivity index (χ4v) is 6.92. The fraction of sp³-hybridized carbons (Fsp3) is 0.412. The van der Waals surface area contributed by atoms with Crippen LogP contribution >= 0.6 is 0 Å². The average Bonchev–Trinajstić information content (AvgIpc) is 3.40. The van der Waals surface area contributed by atoms with E-state index in [1.165, 1.54) is 0 Å². The Morgan fingerprint density at radius 3 is 2.50 bits per heavy atom. The van der Waals surface area contributed by atoms with Crippen molar-refractivity contribution >= 4 is 23.2 Å². The van der Waals surface area contributed by atoms with E-state index >= 15 is 4.39 Å². The summed E-state index contributed by atoms with van der Waals surface area (Å²) in [5.41, 5.74) is -3.39. The normalized spacial score (nSPS) is 23.9. The van der Waals surface area contributed by atoms with Crippen LogP contribution in [0.4, 0.5) is 4.39 Å². The van der Waals surface area contributed by atoms with Gasteiger partial charge in [-0.2, -0.15) is 0 Å². The van der Waals surface area contributed by atoms with Crippen molar-refractivity contribution in [1.82, 2.24) is 15.4 Å². The summed E-state index contributed by atoms with van der Waals surface area (Å²) in [6.07, 6.45) is 0.0384. The van der Waals surface area contributed by atoms with Crippen molar-refractivity contribution in [3.05, 3.63) is 81.4 Å². The molecule has 2 aromatic carbocycles. The third-order valence-corrected chi connectivity index (χ3v) is 9.06. The molecule has 1 aromatic heterocycles. The predicted octanol–water partition coefficient (Wildman–Crippen LogP) is 4.13. The minimum atomic E-state index is -2.64. The van der Waals surface area contributed by atoms with E-state index in [1.54, 1.807) is 19.0 Å². The van der Waals surface area contributed by atoms with Crippen LogP contribution in [0.25, 0.3) is 5.76 Å². The predicted molar refractivity (Wildman–Crippen MR) is 163 cm³/mol. The number of Topliss-reactive ketones (excluding diaryl/α,β-unsaturated/α-hetero) is 2. The maximum atomic E-state index is 15.3. The summed E-state index contributed by atoms with van der Waals surface area (Å²) in [5.74, 6) is -7.22. The monoisotopic (exact) mass is 633 g/mol. The summed E-state index contributed by atoms with van der Waals surface area (Å²) >= 11 is 0. The van der Waals surface area contributed by atoms with Gasteiger partial charge in [-0.3, -0.25) is 19.3 Å². The number of fused-ring (bicyclic) bond motifs is 4. The zero-order chi connectivity index (χ0) is 33.3. The summed E-state index contributed by atoms with van der Waals surface area (Å²) in [7, 11) is 3.42. The molecular weight excluding hydrogens is 597 g/mol. The van der Waals surface area contributed by atoms with Gasteiger partial charge in [0.1, 0.15) is 35.1 Å². The summed E-state index contributed by atoms with van der Waals surface area (Å²) < 4.78 is 26.8. The third kappa shape index (κ3) is 4.87. The number of phenols is 1. The van der Waals surface area contributed by atoms with Crippen LogP contribution in [0.1, 0.15) is 76.4 Å². The highest BCUT2D eigenvalue weighted by Gasteiger charge is 2.65. The molecule has 0 spiro atoms. The molecule has 6 rings (SSSR count). The van der Waals surface area contributed by atoms with E-state index in [0.29, 0.717) is 0 Å². The van der Waals surface area contributed by atoms with Gasteiger partial charge in [0.05, 0.1) is 11.6 Å². The number of phenolic OH excluding ortho intramolecular Hbond substituents is 1. The lowest BCUT2D eigenvalue weighted by atomic mass is 9.57. The summed E-state index contributed by atoms with van der Waals surface area (Å²) in [6.45, 7) is 5.83. The molecule has 3 aromatic rings. The number of aliphatic hydroxyl groups excluding tert-OH is 1. The van der Waals surface area contributed by atoms with Gasteiger partial charge < -0.3 is 29.9 Å². The van der Waals surface area contributed by atoms with Crippen molar-refractivity contribution in [1.29, 1.82) is 0 Å². The van der Waals surface area contributed by atoms with Crippen LogP contribution < -0.4 is 10.1 Å². The molecule has 0 aliphatic heterocycles. The molecule has 1 fully saturated rings. The Bertz CT molecular complexity index is 1790. The van der Waals surface area contributed by atoms with Crippen LogP contribution in [0.15, 0.2) is 46.5 Å². The molecule has 12 heteroatoms. The second kappa shape index (κ2) is 11.1. The molecule has 0 unspecified atom stereocenters. The molecule has 0 radical (unpaired) electrons. The Kier molecular flexibility index (Phi) is 7.56. The number of halogens is 1. The van der Waals surface area contributed by atoms with Gasteiger partial charge in [-0.05, 0) is 60.6 Å². The quantitative estimate of drug-likeness (QED) is 0.290. The molecule has 4 N–H and O–H groups in total. The fourth-order valence-electron chi connectivity index (χ4n) is 6.92. The Labute approximate surface area is 264 Å². The lowest BCUT2D eigenvalue weighted by molar-refractivity contribution is -0.142. The molecule has 4 atom stereocenters. The lowest BCUT2D eigenvalue weighted by Gasteiger charge is -2.49. The first-order valence-electron chi connectivity index (χ1n) is 15.1. The molecule has 1 heterocycles. The summed E-state index contributed by atoms with van der Waals surface area (Å²) in [4.78, 5) is 43.1. The molecule has 242 valence electrons. The molecule has 0 saturated heterocycles. The van der Waals surface area contributed by atoms with Crippen molar-refractivity contribution in [3.63, 3.8) is 0 Å². The number of rotatable bonds is 6. The minimum Gasteiger partial charge on any atom is -0.507 e. The first-order valence-corrected chi connectivity index (χ1v) is 15.1. The van der Waals surface area contributed by atoms with Gasteiger partial charge in [0, 0.05) is 18.0 Å². The first-order chi connectivity index (χ1) is 21.6.